The van der Waals surface area contributed by atoms with Gasteiger partial charge in [0.05, 0.1) is 20.6 Å². The molecule has 0 saturated carbocycles. The van der Waals surface area contributed by atoms with Gasteiger partial charge in [-0.25, -0.2) is 0 Å². The molecule has 0 radical (unpaired) electrons. The molecule has 2 heteroatoms. The molecule has 0 heterocycles. The van der Waals surface area contributed by atoms with Crippen LogP contribution in [0.5, 0.6) is 0 Å². The highest BCUT2D eigenvalue weighted by Crippen LogP contribution is 2.30. The lowest BCUT2D eigenvalue weighted by molar-refractivity contribution is -0.858. The molecule has 0 bridgehead atoms. The fourth-order valence-electron chi connectivity index (χ4n) is 4.00. The van der Waals surface area contributed by atoms with Crippen LogP contribution in [0.25, 0.3) is 0 Å². The van der Waals surface area contributed by atoms with Crippen LogP contribution in [0.15, 0.2) is 48.5 Å². The van der Waals surface area contributed by atoms with E-state index in [-0.39, 0.29) is 0 Å². The Morgan fingerprint density at radius 2 is 1.48 bits per heavy atom. The van der Waals surface area contributed by atoms with E-state index in [0.717, 1.165) is 6.54 Å². The maximum Gasteiger partial charge on any atom is 0.0766 e. The molecule has 2 nitrogen and oxygen atoms in total. The monoisotopic (exact) mass is 367 g/mol. The average molecular weight is 368 g/mol. The number of unbranched alkanes of at least 4 members (excludes halogenated alkanes) is 2. The minimum atomic E-state index is 0.614. The predicted molar refractivity (Wildman–Crippen MR) is 119 cm³/mol. The highest BCUT2D eigenvalue weighted by atomic mass is 15.2. The first kappa shape index (κ1) is 21.5. The molecule has 0 aromatic heterocycles. The molecule has 27 heavy (non-hydrogen) atoms. The molecular formula is C25H39N2+. The number of hydrogen-bond donors (Lipinski definition) is 1. The van der Waals surface area contributed by atoms with Gasteiger partial charge in [0.2, 0.25) is 0 Å². The van der Waals surface area contributed by atoms with Crippen molar-refractivity contribution in [2.75, 3.05) is 32.1 Å². The number of likely N-dealkylation sites (N-methyl/N-ethyl adjacent to an activating group) is 1. The van der Waals surface area contributed by atoms with Crippen molar-refractivity contribution in [1.82, 2.24) is 0 Å². The van der Waals surface area contributed by atoms with E-state index in [4.69, 9.17) is 0 Å². The Labute approximate surface area is 167 Å². The van der Waals surface area contributed by atoms with E-state index in [1.807, 2.05) is 0 Å². The van der Waals surface area contributed by atoms with Crippen molar-refractivity contribution >= 4 is 5.69 Å². The largest absolute Gasteiger partial charge is 0.368 e. The Hall–Kier alpha value is -1.80. The van der Waals surface area contributed by atoms with E-state index >= 15 is 0 Å². The van der Waals surface area contributed by atoms with E-state index in [2.05, 4.69) is 88.3 Å². The number of rotatable bonds is 7. The third kappa shape index (κ3) is 6.39. The summed E-state index contributed by atoms with van der Waals surface area (Å²) in [6.45, 7) is 9.11. The van der Waals surface area contributed by atoms with Gasteiger partial charge in [0.25, 0.3) is 0 Å². The zero-order valence-electron chi connectivity index (χ0n) is 18.1. The summed E-state index contributed by atoms with van der Waals surface area (Å²) >= 11 is 0. The van der Waals surface area contributed by atoms with E-state index < -0.39 is 0 Å². The van der Waals surface area contributed by atoms with Gasteiger partial charge in [-0.15, -0.1) is 0 Å². The van der Waals surface area contributed by atoms with Crippen molar-refractivity contribution in [2.45, 2.75) is 58.9 Å². The minimum Gasteiger partial charge on any atom is -0.368 e. The molecule has 2 aromatic rings. The SMILES string of the molecule is CCCCC[NH+](C)C.CCN(c1ccccc1C)C1Cc2ccccc2C1. The quantitative estimate of drug-likeness (QED) is 0.717. The smallest absolute Gasteiger partial charge is 0.0766 e. The normalized spacial score (nSPS) is 13.3. The lowest BCUT2D eigenvalue weighted by Crippen LogP contribution is -3.05. The standard InChI is InChI=1S/C18H21N.C7H17N/c1-3-19(18-11-7-4-8-14(18)2)17-12-15-9-5-6-10-16(15)13-17;1-4-5-6-7-8(2)3/h4-11,17H,3,12-13H2,1-2H3;4-7H2,1-3H3/p+1. The molecule has 1 N–H and O–H groups in total. The lowest BCUT2D eigenvalue weighted by Gasteiger charge is -2.31. The van der Waals surface area contributed by atoms with Gasteiger partial charge in [-0.2, -0.15) is 0 Å². The average Bonchev–Trinajstić information content (AvgIpc) is 3.08. The number of nitrogens with zero attached hydrogens (tertiary/aromatic N) is 1. The second-order valence-corrected chi connectivity index (χ2v) is 8.07. The molecule has 0 amide bonds. The van der Waals surface area contributed by atoms with Crippen molar-refractivity contribution in [1.29, 1.82) is 0 Å². The lowest BCUT2D eigenvalue weighted by atomic mass is 10.1. The maximum absolute atomic E-state index is 2.56. The summed E-state index contributed by atoms with van der Waals surface area (Å²) in [5.41, 5.74) is 5.82. The third-order valence-electron chi connectivity index (χ3n) is 5.52. The van der Waals surface area contributed by atoms with Crippen molar-refractivity contribution in [2.24, 2.45) is 0 Å². The summed E-state index contributed by atoms with van der Waals surface area (Å²) in [7, 11) is 4.41. The van der Waals surface area contributed by atoms with E-state index in [9.17, 15) is 0 Å². The fraction of sp³-hybridized carbons (Fsp3) is 0.520. The number of para-hydroxylation sites is 1. The van der Waals surface area contributed by atoms with Crippen molar-refractivity contribution in [3.63, 3.8) is 0 Å². The van der Waals surface area contributed by atoms with Gasteiger partial charge in [0.1, 0.15) is 0 Å². The van der Waals surface area contributed by atoms with Gasteiger partial charge >= 0.3 is 0 Å². The molecule has 3 rings (SSSR count). The van der Waals surface area contributed by atoms with Crippen molar-refractivity contribution in [3.05, 3.63) is 65.2 Å². The number of benzene rings is 2. The fourth-order valence-corrected chi connectivity index (χ4v) is 4.00. The number of anilines is 1. The van der Waals surface area contributed by atoms with Gasteiger partial charge < -0.3 is 9.80 Å². The first-order chi connectivity index (χ1) is 13.1. The molecular weight excluding hydrogens is 328 g/mol. The Morgan fingerprint density at radius 3 is 2.00 bits per heavy atom. The number of quaternary nitrogens is 1. The van der Waals surface area contributed by atoms with Gasteiger partial charge in [0, 0.05) is 18.3 Å². The van der Waals surface area contributed by atoms with Gasteiger partial charge in [-0.3, -0.25) is 0 Å². The maximum atomic E-state index is 2.56. The van der Waals surface area contributed by atoms with Crippen LogP contribution in [0.1, 0.15) is 49.8 Å². The van der Waals surface area contributed by atoms with Gasteiger partial charge in [0.15, 0.2) is 0 Å². The van der Waals surface area contributed by atoms with Crippen LogP contribution in [0.2, 0.25) is 0 Å². The van der Waals surface area contributed by atoms with Gasteiger partial charge in [-0.05, 0) is 62.3 Å². The molecule has 0 saturated heterocycles. The first-order valence-corrected chi connectivity index (χ1v) is 10.7. The number of hydrogen-bond acceptors (Lipinski definition) is 1. The van der Waals surface area contributed by atoms with E-state index in [1.54, 1.807) is 4.90 Å². The van der Waals surface area contributed by atoms with Crippen molar-refractivity contribution in [3.8, 4) is 0 Å². The van der Waals surface area contributed by atoms with Crippen LogP contribution in [-0.2, 0) is 12.8 Å². The Kier molecular flexibility index (Phi) is 8.87. The summed E-state index contributed by atoms with van der Waals surface area (Å²) < 4.78 is 0. The topological polar surface area (TPSA) is 7.68 Å². The molecule has 0 unspecified atom stereocenters. The molecule has 0 spiro atoms. The van der Waals surface area contributed by atoms with E-state index in [1.165, 1.54) is 61.0 Å². The molecule has 0 fully saturated rings. The molecule has 1 aliphatic rings. The Morgan fingerprint density at radius 1 is 0.889 bits per heavy atom. The Balaban J connectivity index is 0.000000279. The van der Waals surface area contributed by atoms with Crippen LogP contribution in [0.3, 0.4) is 0 Å². The second kappa shape index (κ2) is 11.1. The minimum absolute atomic E-state index is 0.614. The van der Waals surface area contributed by atoms with Crippen molar-refractivity contribution < 1.29 is 4.90 Å². The van der Waals surface area contributed by atoms with Crippen LogP contribution in [-0.4, -0.2) is 33.2 Å². The van der Waals surface area contributed by atoms with E-state index in [0.29, 0.717) is 6.04 Å². The highest BCUT2D eigenvalue weighted by Gasteiger charge is 2.26. The van der Waals surface area contributed by atoms with Crippen LogP contribution >= 0.6 is 0 Å². The van der Waals surface area contributed by atoms with Gasteiger partial charge in [-0.1, -0.05) is 55.8 Å². The number of aryl methyl sites for hydroxylation is 1. The summed E-state index contributed by atoms with van der Waals surface area (Å²) in [6.07, 6.45) is 6.48. The molecule has 0 aliphatic heterocycles. The zero-order valence-corrected chi connectivity index (χ0v) is 18.1. The summed E-state index contributed by atoms with van der Waals surface area (Å²) in [5, 5.41) is 0. The molecule has 0 atom stereocenters. The van der Waals surface area contributed by atoms with Crippen LogP contribution in [0.4, 0.5) is 5.69 Å². The number of fused-ring (bicyclic) bond motifs is 1. The predicted octanol–water partition coefficient (Wildman–Crippen LogP) is 4.31. The van der Waals surface area contributed by atoms with Crippen LogP contribution in [0, 0.1) is 6.92 Å². The number of nitrogens with one attached hydrogen (secondary N) is 1. The highest BCUT2D eigenvalue weighted by molar-refractivity contribution is 5.55. The summed E-state index contributed by atoms with van der Waals surface area (Å²) in [4.78, 5) is 4.13. The Bertz CT molecular complexity index is 653. The molecule has 1 aliphatic carbocycles. The summed E-state index contributed by atoms with van der Waals surface area (Å²) in [5.74, 6) is 0. The third-order valence-corrected chi connectivity index (χ3v) is 5.52. The first-order valence-electron chi connectivity index (χ1n) is 10.7. The molecule has 2 aromatic carbocycles. The van der Waals surface area contributed by atoms with Crippen LogP contribution < -0.4 is 9.80 Å². The summed E-state index contributed by atoms with van der Waals surface area (Å²) in [6, 6.07) is 18.2. The molecule has 148 valence electrons. The zero-order chi connectivity index (χ0) is 19.6. The second-order valence-electron chi connectivity index (χ2n) is 8.07.